The standard InChI is InChI=1S/C27H40N4O3/c1-29(2)28-27(32)20-31-16-15-30(19-23(31)17-21-9-5-4-6-10-21)22-13-14-25(33-3)26(18-22)34-24-11-7-8-12-24/h4-6,9-10,13-14,22-24H,7-8,11-12,15-20H2,1-3H3,(H,28,32)/t22?,23-/m0/s1. The quantitative estimate of drug-likeness (QED) is 0.563. The molecule has 4 rings (SSSR count). The number of piperazine rings is 1. The summed E-state index contributed by atoms with van der Waals surface area (Å²) >= 11 is 0. The third-order valence-electron chi connectivity index (χ3n) is 7.08. The number of amides is 1. The van der Waals surface area contributed by atoms with Gasteiger partial charge < -0.3 is 9.47 Å². The van der Waals surface area contributed by atoms with Gasteiger partial charge in [0.15, 0.2) is 5.76 Å². The number of allylic oxidation sites excluding steroid dienone is 1. The van der Waals surface area contributed by atoms with Crippen LogP contribution in [-0.2, 0) is 20.7 Å². The van der Waals surface area contributed by atoms with Crippen LogP contribution in [-0.4, -0.2) is 86.3 Å². The number of hydrazine groups is 1. The molecule has 1 amide bonds. The predicted octanol–water partition coefficient (Wildman–Crippen LogP) is 2.95. The van der Waals surface area contributed by atoms with Crippen molar-refractivity contribution in [3.8, 4) is 0 Å². The highest BCUT2D eigenvalue weighted by Gasteiger charge is 2.34. The lowest BCUT2D eigenvalue weighted by molar-refractivity contribution is -0.127. The SMILES string of the molecule is COC1=C(OC2CCCC2)CC(N2CCN(CC(=O)NN(C)C)[C@@H](Cc3ccccc3)C2)C=C1. The molecule has 1 saturated carbocycles. The smallest absolute Gasteiger partial charge is 0.248 e. The summed E-state index contributed by atoms with van der Waals surface area (Å²) < 4.78 is 12.1. The van der Waals surface area contributed by atoms with Gasteiger partial charge >= 0.3 is 0 Å². The van der Waals surface area contributed by atoms with Gasteiger partial charge in [0.05, 0.1) is 19.8 Å². The first-order valence-electron chi connectivity index (χ1n) is 12.6. The molecule has 3 aliphatic rings. The number of ether oxygens (including phenoxy) is 2. The fourth-order valence-corrected chi connectivity index (χ4v) is 5.37. The van der Waals surface area contributed by atoms with Gasteiger partial charge in [-0.3, -0.25) is 20.0 Å². The molecule has 1 heterocycles. The molecule has 0 spiro atoms. The first-order valence-corrected chi connectivity index (χ1v) is 12.6. The summed E-state index contributed by atoms with van der Waals surface area (Å²) in [4.78, 5) is 17.4. The number of nitrogens with one attached hydrogen (secondary N) is 1. The van der Waals surface area contributed by atoms with E-state index in [-0.39, 0.29) is 18.0 Å². The molecule has 34 heavy (non-hydrogen) atoms. The second-order valence-electron chi connectivity index (χ2n) is 9.88. The summed E-state index contributed by atoms with van der Waals surface area (Å²) in [6.45, 7) is 3.11. The van der Waals surface area contributed by atoms with E-state index in [1.165, 1.54) is 18.4 Å². The maximum atomic E-state index is 12.5. The number of carbonyl (C=O) groups excluding carboxylic acids is 1. The number of nitrogens with zero attached hydrogens (tertiary/aromatic N) is 3. The number of hydrogen-bond acceptors (Lipinski definition) is 6. The second-order valence-corrected chi connectivity index (χ2v) is 9.88. The zero-order valence-electron chi connectivity index (χ0n) is 20.9. The number of benzene rings is 1. The number of carbonyl (C=O) groups is 1. The lowest BCUT2D eigenvalue weighted by atomic mass is 9.98. The Morgan fingerprint density at radius 1 is 1.15 bits per heavy atom. The van der Waals surface area contributed by atoms with Crippen molar-refractivity contribution in [3.05, 3.63) is 59.6 Å². The highest BCUT2D eigenvalue weighted by molar-refractivity contribution is 5.77. The van der Waals surface area contributed by atoms with E-state index < -0.39 is 0 Å². The Morgan fingerprint density at radius 3 is 2.62 bits per heavy atom. The maximum Gasteiger partial charge on any atom is 0.248 e. The molecule has 0 aromatic heterocycles. The second kappa shape index (κ2) is 11.9. The van der Waals surface area contributed by atoms with E-state index >= 15 is 0 Å². The molecular weight excluding hydrogens is 428 g/mol. The van der Waals surface area contributed by atoms with Crippen LogP contribution in [0.5, 0.6) is 0 Å². The third-order valence-corrected chi connectivity index (χ3v) is 7.08. The van der Waals surface area contributed by atoms with Crippen LogP contribution in [0, 0.1) is 0 Å². The van der Waals surface area contributed by atoms with Gasteiger partial charge in [-0.15, -0.1) is 0 Å². The number of rotatable bonds is 9. The summed E-state index contributed by atoms with van der Waals surface area (Å²) in [6.07, 6.45) is 11.2. The molecule has 2 fully saturated rings. The average molecular weight is 469 g/mol. The van der Waals surface area contributed by atoms with Crippen LogP contribution in [0.2, 0.25) is 0 Å². The Morgan fingerprint density at radius 2 is 1.91 bits per heavy atom. The summed E-state index contributed by atoms with van der Waals surface area (Å²) in [5, 5.41) is 1.71. The Hall–Kier alpha value is -2.35. The minimum absolute atomic E-state index is 0.0361. The van der Waals surface area contributed by atoms with Gasteiger partial charge in [0.1, 0.15) is 5.76 Å². The van der Waals surface area contributed by atoms with Crippen molar-refractivity contribution < 1.29 is 14.3 Å². The molecule has 2 atom stereocenters. The van der Waals surface area contributed by atoms with E-state index in [2.05, 4.69) is 57.7 Å². The highest BCUT2D eigenvalue weighted by atomic mass is 16.5. The van der Waals surface area contributed by atoms with Crippen molar-refractivity contribution in [1.82, 2.24) is 20.2 Å². The molecule has 7 nitrogen and oxygen atoms in total. The van der Waals surface area contributed by atoms with E-state index in [0.29, 0.717) is 12.6 Å². The Kier molecular flexibility index (Phi) is 8.64. The summed E-state index contributed by atoms with van der Waals surface area (Å²) in [7, 11) is 5.42. The molecule has 1 aromatic rings. The molecule has 1 unspecified atom stereocenters. The maximum absolute atomic E-state index is 12.5. The van der Waals surface area contributed by atoms with Crippen molar-refractivity contribution >= 4 is 5.91 Å². The summed E-state index contributed by atoms with van der Waals surface area (Å²) in [5.41, 5.74) is 4.20. The first-order chi connectivity index (χ1) is 16.5. The number of methoxy groups -OCH3 is 1. The Labute approximate surface area is 204 Å². The lowest BCUT2D eigenvalue weighted by Gasteiger charge is -2.44. The molecule has 1 aromatic carbocycles. The Balaban J connectivity index is 1.44. The van der Waals surface area contributed by atoms with Crippen molar-refractivity contribution in [2.75, 3.05) is 47.4 Å². The van der Waals surface area contributed by atoms with Gasteiger partial charge in [-0.2, -0.15) is 0 Å². The van der Waals surface area contributed by atoms with Gasteiger partial charge in [-0.05, 0) is 43.7 Å². The minimum atomic E-state index is 0.0361. The molecule has 1 N–H and O–H groups in total. The topological polar surface area (TPSA) is 57.3 Å². The van der Waals surface area contributed by atoms with Gasteiger partial charge in [0.25, 0.3) is 0 Å². The van der Waals surface area contributed by atoms with Crippen molar-refractivity contribution in [3.63, 3.8) is 0 Å². The van der Waals surface area contributed by atoms with E-state index in [4.69, 9.17) is 9.47 Å². The monoisotopic (exact) mass is 468 g/mol. The molecule has 1 aliphatic heterocycles. The van der Waals surface area contributed by atoms with Gasteiger partial charge in [-0.1, -0.05) is 36.4 Å². The van der Waals surface area contributed by atoms with Crippen molar-refractivity contribution in [2.45, 2.75) is 56.7 Å². The van der Waals surface area contributed by atoms with Crippen LogP contribution in [0.4, 0.5) is 0 Å². The minimum Gasteiger partial charge on any atom is -0.493 e. The summed E-state index contributed by atoms with van der Waals surface area (Å²) in [5.74, 6) is 1.89. The Bertz CT molecular complexity index is 864. The average Bonchev–Trinajstić information content (AvgIpc) is 3.33. The molecule has 2 aliphatic carbocycles. The predicted molar refractivity (Wildman–Crippen MR) is 134 cm³/mol. The van der Waals surface area contributed by atoms with E-state index in [0.717, 1.165) is 56.8 Å². The summed E-state index contributed by atoms with van der Waals surface area (Å²) in [6, 6.07) is 11.1. The lowest BCUT2D eigenvalue weighted by Crippen LogP contribution is -2.58. The fourth-order valence-electron chi connectivity index (χ4n) is 5.37. The van der Waals surface area contributed by atoms with Crippen LogP contribution >= 0.6 is 0 Å². The van der Waals surface area contributed by atoms with Crippen LogP contribution in [0.15, 0.2) is 54.0 Å². The van der Waals surface area contributed by atoms with Crippen molar-refractivity contribution in [1.29, 1.82) is 0 Å². The molecule has 0 radical (unpaired) electrons. The molecule has 0 bridgehead atoms. The first kappa shape index (κ1) is 24.8. The van der Waals surface area contributed by atoms with Crippen LogP contribution in [0.1, 0.15) is 37.7 Å². The van der Waals surface area contributed by atoms with E-state index in [1.54, 1.807) is 12.1 Å². The van der Waals surface area contributed by atoms with Crippen molar-refractivity contribution in [2.24, 2.45) is 0 Å². The fraction of sp³-hybridized carbons (Fsp3) is 0.593. The van der Waals surface area contributed by atoms with Crippen LogP contribution in [0.25, 0.3) is 0 Å². The van der Waals surface area contributed by atoms with Crippen LogP contribution < -0.4 is 5.43 Å². The normalized spacial score (nSPS) is 24.6. The van der Waals surface area contributed by atoms with Gasteiger partial charge in [0, 0.05) is 52.2 Å². The van der Waals surface area contributed by atoms with E-state index in [9.17, 15) is 4.79 Å². The zero-order valence-corrected chi connectivity index (χ0v) is 20.9. The zero-order chi connectivity index (χ0) is 23.9. The number of hydrogen-bond donors (Lipinski definition) is 1. The molecule has 7 heteroatoms. The van der Waals surface area contributed by atoms with Crippen LogP contribution in [0.3, 0.4) is 0 Å². The molecular formula is C27H40N4O3. The third kappa shape index (κ3) is 6.62. The molecule has 186 valence electrons. The van der Waals surface area contributed by atoms with E-state index in [1.807, 2.05) is 14.1 Å². The molecule has 1 saturated heterocycles. The van der Waals surface area contributed by atoms with Gasteiger partial charge in [0.2, 0.25) is 5.91 Å². The van der Waals surface area contributed by atoms with Gasteiger partial charge in [-0.25, -0.2) is 5.01 Å². The highest BCUT2D eigenvalue weighted by Crippen LogP contribution is 2.31. The largest absolute Gasteiger partial charge is 0.493 e.